The van der Waals surface area contributed by atoms with Crippen LogP contribution >= 0.6 is 0 Å². The lowest BCUT2D eigenvalue weighted by Crippen LogP contribution is -2.28. The Morgan fingerprint density at radius 3 is 2.89 bits per heavy atom. The summed E-state index contributed by atoms with van der Waals surface area (Å²) in [7, 11) is -0.861. The standard InChI is InChI=1S/C12H19N3O2S/c1-8(18(3)17)4-5-14-12(16)11-6-10(13)7-15-9(11)2/h6-8H,4-5,13H2,1-3H3,(H,14,16). The first-order valence-corrected chi connectivity index (χ1v) is 7.36. The number of aryl methyl sites for hydroxylation is 1. The van der Waals surface area contributed by atoms with E-state index in [0.717, 1.165) is 0 Å². The molecule has 0 radical (unpaired) electrons. The van der Waals surface area contributed by atoms with Gasteiger partial charge in [0.2, 0.25) is 0 Å². The molecule has 0 saturated carbocycles. The van der Waals surface area contributed by atoms with Crippen molar-refractivity contribution >= 4 is 22.4 Å². The molecule has 0 fully saturated rings. The van der Waals surface area contributed by atoms with Crippen molar-refractivity contribution < 1.29 is 9.00 Å². The van der Waals surface area contributed by atoms with Gasteiger partial charge in [-0.3, -0.25) is 14.0 Å². The molecule has 0 saturated heterocycles. The number of hydrogen-bond donors (Lipinski definition) is 2. The molecule has 1 aromatic rings. The molecule has 0 aromatic carbocycles. The number of amides is 1. The average molecular weight is 269 g/mol. The fourth-order valence-corrected chi connectivity index (χ4v) is 1.88. The van der Waals surface area contributed by atoms with E-state index in [1.807, 2.05) is 6.92 Å². The van der Waals surface area contributed by atoms with Crippen LogP contribution in [-0.2, 0) is 10.8 Å². The fourth-order valence-electron chi connectivity index (χ4n) is 1.43. The smallest absolute Gasteiger partial charge is 0.253 e. The number of nitrogen functional groups attached to an aromatic ring is 1. The number of nitrogens with two attached hydrogens (primary N) is 1. The number of hydrogen-bond acceptors (Lipinski definition) is 4. The molecule has 1 aromatic heterocycles. The third kappa shape index (κ3) is 4.10. The maximum Gasteiger partial charge on any atom is 0.253 e. The third-order valence-electron chi connectivity index (χ3n) is 2.76. The van der Waals surface area contributed by atoms with E-state index < -0.39 is 10.8 Å². The molecule has 3 N–H and O–H groups in total. The molecule has 6 heteroatoms. The lowest BCUT2D eigenvalue weighted by molar-refractivity contribution is 0.0952. The molecular formula is C12H19N3O2S. The number of aromatic nitrogens is 1. The van der Waals surface area contributed by atoms with Gasteiger partial charge in [-0.05, 0) is 19.4 Å². The van der Waals surface area contributed by atoms with Crippen molar-refractivity contribution in [1.29, 1.82) is 0 Å². The van der Waals surface area contributed by atoms with Crippen molar-refractivity contribution in [3.8, 4) is 0 Å². The Morgan fingerprint density at radius 1 is 1.61 bits per heavy atom. The predicted octanol–water partition coefficient (Wildman–Crippen LogP) is 0.859. The number of nitrogens with one attached hydrogen (secondary N) is 1. The van der Waals surface area contributed by atoms with Crippen molar-refractivity contribution in [3.05, 3.63) is 23.5 Å². The molecule has 0 spiro atoms. The van der Waals surface area contributed by atoms with E-state index in [1.165, 1.54) is 6.20 Å². The predicted molar refractivity (Wildman–Crippen MR) is 73.9 cm³/mol. The molecule has 0 aliphatic heterocycles. The van der Waals surface area contributed by atoms with E-state index in [9.17, 15) is 9.00 Å². The highest BCUT2D eigenvalue weighted by molar-refractivity contribution is 7.84. The Balaban J connectivity index is 2.55. The summed E-state index contributed by atoms with van der Waals surface area (Å²) in [5.41, 5.74) is 7.20. The summed E-state index contributed by atoms with van der Waals surface area (Å²) in [6, 6.07) is 1.61. The van der Waals surface area contributed by atoms with E-state index in [2.05, 4.69) is 10.3 Å². The molecule has 100 valence electrons. The summed E-state index contributed by atoms with van der Waals surface area (Å²) in [5.74, 6) is -0.193. The second kappa shape index (κ2) is 6.49. The van der Waals surface area contributed by atoms with Crippen LogP contribution < -0.4 is 11.1 Å². The van der Waals surface area contributed by atoms with Crippen LogP contribution in [0.2, 0.25) is 0 Å². The van der Waals surface area contributed by atoms with Crippen molar-refractivity contribution in [3.63, 3.8) is 0 Å². The van der Waals surface area contributed by atoms with Crippen LogP contribution in [0.5, 0.6) is 0 Å². The quantitative estimate of drug-likeness (QED) is 0.830. The minimum absolute atomic E-state index is 0.0744. The lowest BCUT2D eigenvalue weighted by Gasteiger charge is -2.10. The minimum Gasteiger partial charge on any atom is -0.397 e. The van der Waals surface area contributed by atoms with E-state index in [1.54, 1.807) is 19.2 Å². The SMILES string of the molecule is Cc1ncc(N)cc1C(=O)NCCC(C)S(C)=O. The first-order chi connectivity index (χ1) is 8.41. The van der Waals surface area contributed by atoms with Crippen LogP contribution in [0.4, 0.5) is 5.69 Å². The highest BCUT2D eigenvalue weighted by Crippen LogP contribution is 2.09. The van der Waals surface area contributed by atoms with Gasteiger partial charge in [0.05, 0.1) is 23.1 Å². The van der Waals surface area contributed by atoms with Gasteiger partial charge in [0, 0.05) is 28.9 Å². The first kappa shape index (κ1) is 14.6. The van der Waals surface area contributed by atoms with Crippen molar-refractivity contribution in [2.75, 3.05) is 18.5 Å². The number of rotatable bonds is 5. The highest BCUT2D eigenvalue weighted by Gasteiger charge is 2.11. The molecule has 5 nitrogen and oxygen atoms in total. The molecule has 2 atom stereocenters. The van der Waals surface area contributed by atoms with E-state index in [0.29, 0.717) is 29.9 Å². The molecule has 0 bridgehead atoms. The monoisotopic (exact) mass is 269 g/mol. The number of carbonyl (C=O) groups excluding carboxylic acids is 1. The zero-order valence-corrected chi connectivity index (χ0v) is 11.7. The molecule has 1 amide bonds. The maximum absolute atomic E-state index is 11.9. The first-order valence-electron chi connectivity index (χ1n) is 5.74. The van der Waals surface area contributed by atoms with Gasteiger partial charge in [-0.15, -0.1) is 0 Å². The second-order valence-electron chi connectivity index (χ2n) is 4.26. The van der Waals surface area contributed by atoms with Crippen molar-refractivity contribution in [2.24, 2.45) is 0 Å². The highest BCUT2D eigenvalue weighted by atomic mass is 32.2. The zero-order chi connectivity index (χ0) is 13.7. The number of nitrogens with zero attached hydrogens (tertiary/aromatic N) is 1. The topological polar surface area (TPSA) is 85.1 Å². The molecule has 0 aliphatic carbocycles. The summed E-state index contributed by atoms with van der Waals surface area (Å²) in [4.78, 5) is 15.9. The van der Waals surface area contributed by atoms with Crippen molar-refractivity contribution in [1.82, 2.24) is 10.3 Å². The molecular weight excluding hydrogens is 250 g/mol. The van der Waals surface area contributed by atoms with Gasteiger partial charge in [-0.1, -0.05) is 6.92 Å². The minimum atomic E-state index is -0.861. The fraction of sp³-hybridized carbons (Fsp3) is 0.500. The number of pyridine rings is 1. The van der Waals surface area contributed by atoms with Gasteiger partial charge in [0.15, 0.2) is 0 Å². The Bertz CT molecular complexity index is 463. The van der Waals surface area contributed by atoms with Crippen molar-refractivity contribution in [2.45, 2.75) is 25.5 Å². The summed E-state index contributed by atoms with van der Waals surface area (Å²) in [6.45, 7) is 4.15. The van der Waals surface area contributed by atoms with E-state index in [-0.39, 0.29) is 11.2 Å². The second-order valence-corrected chi connectivity index (χ2v) is 6.06. The number of carbonyl (C=O) groups is 1. The number of anilines is 1. The summed E-state index contributed by atoms with van der Waals surface area (Å²) >= 11 is 0. The third-order valence-corrected chi connectivity index (χ3v) is 4.12. The summed E-state index contributed by atoms with van der Waals surface area (Å²) < 4.78 is 11.2. The van der Waals surface area contributed by atoms with Crippen LogP contribution in [0.3, 0.4) is 0 Å². The molecule has 1 heterocycles. The Morgan fingerprint density at radius 2 is 2.28 bits per heavy atom. The normalized spacial score (nSPS) is 13.9. The van der Waals surface area contributed by atoms with Gasteiger partial charge < -0.3 is 11.1 Å². The van der Waals surface area contributed by atoms with Crippen LogP contribution in [0.25, 0.3) is 0 Å². The summed E-state index contributed by atoms with van der Waals surface area (Å²) in [5, 5.41) is 2.86. The zero-order valence-electron chi connectivity index (χ0n) is 10.9. The van der Waals surface area contributed by atoms with Crippen LogP contribution in [0.1, 0.15) is 29.4 Å². The van der Waals surface area contributed by atoms with Crippen LogP contribution in [0.15, 0.2) is 12.3 Å². The van der Waals surface area contributed by atoms with E-state index >= 15 is 0 Å². The van der Waals surface area contributed by atoms with Gasteiger partial charge >= 0.3 is 0 Å². The maximum atomic E-state index is 11.9. The van der Waals surface area contributed by atoms with Gasteiger partial charge in [-0.25, -0.2) is 0 Å². The molecule has 0 aliphatic rings. The average Bonchev–Trinajstić information content (AvgIpc) is 2.31. The summed E-state index contributed by atoms with van der Waals surface area (Å²) in [6.07, 6.45) is 3.87. The molecule has 1 rings (SSSR count). The Hall–Kier alpha value is -1.43. The Labute approximate surface area is 110 Å². The Kier molecular flexibility index (Phi) is 5.27. The van der Waals surface area contributed by atoms with Gasteiger partial charge in [-0.2, -0.15) is 0 Å². The lowest BCUT2D eigenvalue weighted by atomic mass is 10.2. The largest absolute Gasteiger partial charge is 0.397 e. The van der Waals surface area contributed by atoms with Gasteiger partial charge in [0.1, 0.15) is 0 Å². The van der Waals surface area contributed by atoms with Crippen LogP contribution in [0, 0.1) is 6.92 Å². The molecule has 18 heavy (non-hydrogen) atoms. The van der Waals surface area contributed by atoms with Crippen LogP contribution in [-0.4, -0.2) is 33.2 Å². The van der Waals surface area contributed by atoms with E-state index in [4.69, 9.17) is 5.73 Å². The van der Waals surface area contributed by atoms with Gasteiger partial charge in [0.25, 0.3) is 5.91 Å². The molecule has 2 unspecified atom stereocenters.